The van der Waals surface area contributed by atoms with Crippen LogP contribution in [0, 0.1) is 13.8 Å². The predicted molar refractivity (Wildman–Crippen MR) is 103 cm³/mol. The second kappa shape index (κ2) is 15.6. The van der Waals surface area contributed by atoms with E-state index in [-0.39, 0.29) is 116 Å². The van der Waals surface area contributed by atoms with Crippen LogP contribution in [0.5, 0.6) is 11.5 Å². The summed E-state index contributed by atoms with van der Waals surface area (Å²) in [7, 11) is 0. The average Bonchev–Trinajstić information content (AvgIpc) is 3.26. The molecule has 0 amide bonds. The summed E-state index contributed by atoms with van der Waals surface area (Å²) < 4.78 is 15.9. The normalized spacial score (nSPS) is 9.20. The fraction of sp³-hybridized carbons (Fsp3) is 0.190. The number of hydrogen-bond acceptors (Lipinski definition) is 7. The number of ether oxygens (including phenoxy) is 1. The van der Waals surface area contributed by atoms with Gasteiger partial charge in [-0.2, -0.15) is 0 Å². The van der Waals surface area contributed by atoms with Crippen molar-refractivity contribution in [2.45, 2.75) is 20.8 Å². The molecular weight excluding hydrogens is 442 g/mol. The van der Waals surface area contributed by atoms with Crippen molar-refractivity contribution in [2.75, 3.05) is 6.61 Å². The van der Waals surface area contributed by atoms with E-state index in [2.05, 4.69) is 4.89 Å². The third-order valence-corrected chi connectivity index (χ3v) is 3.84. The molecule has 0 spiro atoms. The Kier molecular flexibility index (Phi) is 15.5. The summed E-state index contributed by atoms with van der Waals surface area (Å²) in [5.41, 5.74) is 3.94. The Morgan fingerprint density at radius 2 is 1.50 bits per heavy atom. The van der Waals surface area contributed by atoms with E-state index < -0.39 is 0 Å². The Morgan fingerprint density at radius 1 is 1.00 bits per heavy atom. The topological polar surface area (TPSA) is 105 Å². The predicted octanol–water partition coefficient (Wildman–Crippen LogP) is -1.86. The molecule has 150 valence electrons. The number of phenolic OH excluding ortho intramolecular Hbond substituents is 1. The Labute approximate surface area is 261 Å². The van der Waals surface area contributed by atoms with Crippen molar-refractivity contribution in [3.05, 3.63) is 60.1 Å². The molecule has 4 aromatic rings. The van der Waals surface area contributed by atoms with Crippen LogP contribution < -0.4 is 113 Å². The van der Waals surface area contributed by atoms with Gasteiger partial charge in [0.05, 0.1) is 19.1 Å². The zero-order valence-electron chi connectivity index (χ0n) is 18.8. The minimum atomic E-state index is -0.181. The SMILES string of the molecule is CCOc1ccc2occ(C)c2c1.Cc1coc2ccc(O)cc12.O=CO[O-].[H-].[K+].[K+]. The summed E-state index contributed by atoms with van der Waals surface area (Å²) in [4.78, 5) is 11.2. The summed E-state index contributed by atoms with van der Waals surface area (Å²) in [6.45, 7) is 6.47. The van der Waals surface area contributed by atoms with Gasteiger partial charge in [0.15, 0.2) is 0 Å². The zero-order valence-corrected chi connectivity index (χ0v) is 24.0. The summed E-state index contributed by atoms with van der Waals surface area (Å²) in [5, 5.41) is 19.7. The van der Waals surface area contributed by atoms with Crippen molar-refractivity contribution in [3.8, 4) is 11.5 Å². The van der Waals surface area contributed by atoms with Crippen LogP contribution in [0.15, 0.2) is 57.8 Å². The van der Waals surface area contributed by atoms with Crippen molar-refractivity contribution < 1.29 is 138 Å². The van der Waals surface area contributed by atoms with Gasteiger partial charge in [0.1, 0.15) is 22.7 Å². The number of aromatic hydroxyl groups is 1. The number of carbonyl (C=O) groups is 1. The fourth-order valence-electron chi connectivity index (χ4n) is 2.54. The third-order valence-electron chi connectivity index (χ3n) is 3.84. The van der Waals surface area contributed by atoms with Gasteiger partial charge < -0.3 is 30.2 Å². The fourth-order valence-corrected chi connectivity index (χ4v) is 2.54. The standard InChI is InChI=1S/C11H12O2.C9H8O2.CH2O3.2K.H/c1-3-12-9-4-5-11-10(6-9)8(2)7-13-11;1-6-5-11-9-3-2-7(10)4-8(6)9;2-1-4-3;;;/h4-7H,3H2,1-2H3;2-5,10H,1H3;1,3H;;;/q;;;2*+1;-1/p-1. The van der Waals surface area contributed by atoms with Gasteiger partial charge in [-0.15, -0.1) is 0 Å². The molecule has 2 aromatic heterocycles. The maximum atomic E-state index is 9.13. The molecular formula is C21H22K2O7. The first-order chi connectivity index (χ1) is 13.5. The van der Waals surface area contributed by atoms with Gasteiger partial charge in [0.2, 0.25) is 0 Å². The van der Waals surface area contributed by atoms with E-state index in [1.165, 1.54) is 0 Å². The number of aryl methyl sites for hydroxylation is 2. The minimum absolute atomic E-state index is 0. The second-order valence-electron chi connectivity index (χ2n) is 5.80. The van der Waals surface area contributed by atoms with Crippen molar-refractivity contribution >= 4 is 28.4 Å². The second-order valence-corrected chi connectivity index (χ2v) is 5.80. The van der Waals surface area contributed by atoms with Crippen molar-refractivity contribution in [1.82, 2.24) is 0 Å². The summed E-state index contributed by atoms with van der Waals surface area (Å²) >= 11 is 0. The van der Waals surface area contributed by atoms with Crippen LogP contribution in [0.25, 0.3) is 21.9 Å². The Morgan fingerprint density at radius 3 is 2.00 bits per heavy atom. The number of benzene rings is 2. The van der Waals surface area contributed by atoms with Crippen molar-refractivity contribution in [2.24, 2.45) is 0 Å². The maximum absolute atomic E-state index is 9.13. The molecule has 0 aliphatic carbocycles. The Hall–Kier alpha value is -0.177. The number of fused-ring (bicyclic) bond motifs is 2. The molecule has 2 aromatic carbocycles. The molecule has 30 heavy (non-hydrogen) atoms. The van der Waals surface area contributed by atoms with Crippen LogP contribution in [0.2, 0.25) is 0 Å². The molecule has 0 aliphatic heterocycles. The summed E-state index contributed by atoms with van der Waals surface area (Å²) in [5.74, 6) is 1.18. The molecule has 0 fully saturated rings. The van der Waals surface area contributed by atoms with Gasteiger partial charge in [-0.25, -0.2) is 0 Å². The molecule has 4 rings (SSSR count). The molecule has 0 unspecified atom stereocenters. The number of hydrogen-bond donors (Lipinski definition) is 1. The van der Waals surface area contributed by atoms with Gasteiger partial charge in [0.25, 0.3) is 6.47 Å². The van der Waals surface area contributed by atoms with Gasteiger partial charge in [-0.05, 0) is 68.3 Å². The Balaban J connectivity index is 0. The van der Waals surface area contributed by atoms with Gasteiger partial charge >= 0.3 is 103 Å². The monoisotopic (exact) mass is 464 g/mol. The minimum Gasteiger partial charge on any atom is -1.00 e. The van der Waals surface area contributed by atoms with Crippen LogP contribution >= 0.6 is 0 Å². The summed E-state index contributed by atoms with van der Waals surface area (Å²) in [6, 6.07) is 11.0. The summed E-state index contributed by atoms with van der Waals surface area (Å²) in [6.07, 6.45) is 3.45. The third kappa shape index (κ3) is 8.75. The largest absolute Gasteiger partial charge is 1.00 e. The number of phenols is 1. The van der Waals surface area contributed by atoms with Crippen molar-refractivity contribution in [3.63, 3.8) is 0 Å². The van der Waals surface area contributed by atoms with Crippen LogP contribution in [0.3, 0.4) is 0 Å². The molecule has 0 atom stereocenters. The molecule has 2 heterocycles. The zero-order chi connectivity index (χ0) is 20.5. The van der Waals surface area contributed by atoms with Crippen molar-refractivity contribution in [1.29, 1.82) is 0 Å². The molecule has 0 saturated carbocycles. The van der Waals surface area contributed by atoms with Gasteiger partial charge in [-0.1, -0.05) is 0 Å². The van der Waals surface area contributed by atoms with E-state index in [0.717, 1.165) is 38.8 Å². The number of furan rings is 2. The van der Waals surface area contributed by atoms with Crippen LogP contribution in [0.4, 0.5) is 0 Å². The molecule has 0 saturated heterocycles. The first kappa shape index (κ1) is 29.8. The van der Waals surface area contributed by atoms with E-state index in [1.807, 2.05) is 39.0 Å². The Bertz CT molecular complexity index is 1050. The number of rotatable bonds is 3. The molecule has 0 bridgehead atoms. The molecule has 0 aliphatic rings. The molecule has 1 N–H and O–H groups in total. The van der Waals surface area contributed by atoms with E-state index in [4.69, 9.17) is 28.7 Å². The average molecular weight is 465 g/mol. The van der Waals surface area contributed by atoms with E-state index in [9.17, 15) is 0 Å². The van der Waals surface area contributed by atoms with E-state index >= 15 is 0 Å². The number of carbonyl (C=O) groups excluding carboxylic acids is 1. The van der Waals surface area contributed by atoms with Crippen LogP contribution in [0.1, 0.15) is 19.5 Å². The van der Waals surface area contributed by atoms with Gasteiger partial charge in [0, 0.05) is 10.8 Å². The first-order valence-electron chi connectivity index (χ1n) is 8.49. The van der Waals surface area contributed by atoms with E-state index in [1.54, 1.807) is 30.7 Å². The maximum Gasteiger partial charge on any atom is 1.00 e. The van der Waals surface area contributed by atoms with E-state index in [0.29, 0.717) is 6.61 Å². The van der Waals surface area contributed by atoms with Crippen LogP contribution in [-0.4, -0.2) is 18.2 Å². The van der Waals surface area contributed by atoms with Gasteiger partial charge in [-0.3, -0.25) is 4.79 Å². The molecule has 7 nitrogen and oxygen atoms in total. The smallest absolute Gasteiger partial charge is 1.00 e. The van der Waals surface area contributed by atoms with Crippen LogP contribution in [-0.2, 0) is 9.68 Å². The quantitative estimate of drug-likeness (QED) is 0.164. The first-order valence-corrected chi connectivity index (χ1v) is 8.49. The molecule has 9 heteroatoms. The molecule has 0 radical (unpaired) electrons.